The van der Waals surface area contributed by atoms with Crippen LogP contribution < -0.4 is 0 Å². The van der Waals surface area contributed by atoms with Gasteiger partial charge in [0, 0.05) is 23.8 Å². The average molecular weight is 372 g/mol. The molecule has 1 fully saturated rings. The highest BCUT2D eigenvalue weighted by Gasteiger charge is 2.25. The van der Waals surface area contributed by atoms with E-state index in [-0.39, 0.29) is 5.91 Å². The zero-order valence-corrected chi connectivity index (χ0v) is 14.3. The molecule has 1 N–H and O–H groups in total. The van der Waals surface area contributed by atoms with Crippen molar-refractivity contribution >= 4 is 21.8 Å². The average Bonchev–Trinajstić information content (AvgIpc) is 2.96. The molecule has 118 valence electrons. The third-order valence-corrected chi connectivity index (χ3v) is 4.78. The summed E-state index contributed by atoms with van der Waals surface area (Å²) in [7, 11) is 0. The minimum Gasteiger partial charge on any atom is -0.356 e. The van der Waals surface area contributed by atoms with Crippen LogP contribution in [0.5, 0.6) is 0 Å². The maximum atomic E-state index is 12.8. The number of benzene rings is 1. The molecular formula is C18H18BrN3O. The molecule has 4 nitrogen and oxygen atoms in total. The first kappa shape index (κ1) is 15.8. The van der Waals surface area contributed by atoms with Gasteiger partial charge in [-0.15, -0.1) is 0 Å². The number of hydrogen-bond donors (Lipinski definition) is 1. The molecule has 0 saturated heterocycles. The molecule has 0 spiro atoms. The van der Waals surface area contributed by atoms with E-state index in [1.807, 2.05) is 23.1 Å². The molecule has 0 atom stereocenters. The molecule has 1 aliphatic rings. The highest BCUT2D eigenvalue weighted by molar-refractivity contribution is 9.10. The minimum atomic E-state index is 0.0203. The molecular weight excluding hydrogens is 354 g/mol. The first-order valence-corrected chi connectivity index (χ1v) is 8.57. The Labute approximate surface area is 144 Å². The van der Waals surface area contributed by atoms with Gasteiger partial charge in [0.15, 0.2) is 0 Å². The molecule has 1 aliphatic carbocycles. The van der Waals surface area contributed by atoms with E-state index < -0.39 is 0 Å². The van der Waals surface area contributed by atoms with Crippen molar-refractivity contribution in [2.45, 2.75) is 25.8 Å². The monoisotopic (exact) mass is 371 g/mol. The largest absolute Gasteiger partial charge is 0.356 e. The van der Waals surface area contributed by atoms with Gasteiger partial charge in [-0.2, -0.15) is 5.26 Å². The SMILES string of the molecule is N#Cc1ccc(CN(CC2CCC2)C(=O)c2cc(Br)c[nH]2)cc1. The van der Waals surface area contributed by atoms with E-state index >= 15 is 0 Å². The van der Waals surface area contributed by atoms with Gasteiger partial charge in [0.05, 0.1) is 11.6 Å². The summed E-state index contributed by atoms with van der Waals surface area (Å²) in [4.78, 5) is 17.7. The molecule has 23 heavy (non-hydrogen) atoms. The number of rotatable bonds is 5. The maximum Gasteiger partial charge on any atom is 0.270 e. The minimum absolute atomic E-state index is 0.0203. The van der Waals surface area contributed by atoms with E-state index in [0.29, 0.717) is 23.7 Å². The van der Waals surface area contributed by atoms with Crippen molar-refractivity contribution in [2.75, 3.05) is 6.54 Å². The number of aromatic amines is 1. The van der Waals surface area contributed by atoms with Crippen molar-refractivity contribution in [3.8, 4) is 6.07 Å². The fourth-order valence-corrected chi connectivity index (χ4v) is 3.12. The normalized spacial score (nSPS) is 14.1. The fourth-order valence-electron chi connectivity index (χ4n) is 2.77. The second kappa shape index (κ2) is 7.01. The topological polar surface area (TPSA) is 59.9 Å². The molecule has 5 heteroatoms. The van der Waals surface area contributed by atoms with Gasteiger partial charge in [0.25, 0.3) is 5.91 Å². The summed E-state index contributed by atoms with van der Waals surface area (Å²) in [6, 6.07) is 11.4. The van der Waals surface area contributed by atoms with E-state index in [1.54, 1.807) is 18.3 Å². The Hall–Kier alpha value is -2.06. The molecule has 2 aromatic rings. The van der Waals surface area contributed by atoms with Crippen LogP contribution in [-0.4, -0.2) is 22.3 Å². The third-order valence-electron chi connectivity index (χ3n) is 4.33. The predicted molar refractivity (Wildman–Crippen MR) is 91.7 cm³/mol. The first-order chi connectivity index (χ1) is 11.2. The summed E-state index contributed by atoms with van der Waals surface area (Å²) in [6.45, 7) is 1.35. The van der Waals surface area contributed by atoms with Gasteiger partial charge in [0.1, 0.15) is 5.69 Å². The Balaban J connectivity index is 1.76. The van der Waals surface area contributed by atoms with Crippen LogP contribution in [0, 0.1) is 17.2 Å². The summed E-state index contributed by atoms with van der Waals surface area (Å²) in [6.07, 6.45) is 5.44. The van der Waals surface area contributed by atoms with Gasteiger partial charge in [-0.3, -0.25) is 4.79 Å². The molecule has 1 aromatic carbocycles. The zero-order valence-electron chi connectivity index (χ0n) is 12.8. The van der Waals surface area contributed by atoms with E-state index in [4.69, 9.17) is 5.26 Å². The van der Waals surface area contributed by atoms with Crippen LogP contribution >= 0.6 is 15.9 Å². The van der Waals surface area contributed by atoms with Gasteiger partial charge in [0.2, 0.25) is 0 Å². The van der Waals surface area contributed by atoms with E-state index in [2.05, 4.69) is 27.0 Å². The number of hydrogen-bond acceptors (Lipinski definition) is 2. The maximum absolute atomic E-state index is 12.8. The van der Waals surface area contributed by atoms with Crippen LogP contribution in [0.25, 0.3) is 0 Å². The molecule has 0 bridgehead atoms. The Bertz CT molecular complexity index is 725. The number of nitriles is 1. The first-order valence-electron chi connectivity index (χ1n) is 7.78. The lowest BCUT2D eigenvalue weighted by atomic mass is 9.85. The van der Waals surface area contributed by atoms with E-state index in [0.717, 1.165) is 16.6 Å². The number of nitrogens with zero attached hydrogens (tertiary/aromatic N) is 2. The molecule has 1 amide bonds. The van der Waals surface area contributed by atoms with Gasteiger partial charge >= 0.3 is 0 Å². The lowest BCUT2D eigenvalue weighted by Crippen LogP contribution is -2.37. The highest BCUT2D eigenvalue weighted by atomic mass is 79.9. The molecule has 1 aromatic heterocycles. The predicted octanol–water partition coefficient (Wildman–Crippen LogP) is 4.09. The quantitative estimate of drug-likeness (QED) is 0.859. The number of amides is 1. The van der Waals surface area contributed by atoms with Crippen LogP contribution in [0.4, 0.5) is 0 Å². The smallest absolute Gasteiger partial charge is 0.270 e. The molecule has 0 radical (unpaired) electrons. The lowest BCUT2D eigenvalue weighted by Gasteiger charge is -2.32. The Morgan fingerprint density at radius 2 is 2.09 bits per heavy atom. The van der Waals surface area contributed by atoms with Crippen molar-refractivity contribution in [3.05, 3.63) is 57.8 Å². The number of nitrogens with one attached hydrogen (secondary N) is 1. The fraction of sp³-hybridized carbons (Fsp3) is 0.333. The van der Waals surface area contributed by atoms with E-state index in [9.17, 15) is 4.79 Å². The summed E-state index contributed by atoms with van der Waals surface area (Å²) >= 11 is 3.38. The van der Waals surface area contributed by atoms with Crippen LogP contribution in [0.15, 0.2) is 41.0 Å². The number of carbonyl (C=O) groups is 1. The van der Waals surface area contributed by atoms with Crippen molar-refractivity contribution < 1.29 is 4.79 Å². The van der Waals surface area contributed by atoms with Gasteiger partial charge in [-0.05, 0) is 58.5 Å². The third kappa shape index (κ3) is 3.83. The summed E-state index contributed by atoms with van der Waals surface area (Å²) in [5, 5.41) is 8.88. The van der Waals surface area contributed by atoms with Crippen molar-refractivity contribution in [3.63, 3.8) is 0 Å². The Kier molecular flexibility index (Phi) is 4.82. The van der Waals surface area contributed by atoms with Crippen LogP contribution in [0.3, 0.4) is 0 Å². The van der Waals surface area contributed by atoms with Crippen LogP contribution in [0.2, 0.25) is 0 Å². The molecule has 1 heterocycles. The Morgan fingerprint density at radius 3 is 2.61 bits per heavy atom. The molecule has 3 rings (SSSR count). The number of H-pyrrole nitrogens is 1. The Morgan fingerprint density at radius 1 is 1.35 bits per heavy atom. The summed E-state index contributed by atoms with van der Waals surface area (Å²) in [5.41, 5.74) is 2.28. The van der Waals surface area contributed by atoms with Gasteiger partial charge in [-0.1, -0.05) is 18.6 Å². The van der Waals surface area contributed by atoms with Gasteiger partial charge < -0.3 is 9.88 Å². The van der Waals surface area contributed by atoms with Crippen molar-refractivity contribution in [2.24, 2.45) is 5.92 Å². The van der Waals surface area contributed by atoms with Crippen LogP contribution in [0.1, 0.15) is 40.9 Å². The number of halogens is 1. The summed E-state index contributed by atoms with van der Waals surface area (Å²) in [5.74, 6) is 0.627. The summed E-state index contributed by atoms with van der Waals surface area (Å²) < 4.78 is 0.878. The lowest BCUT2D eigenvalue weighted by molar-refractivity contribution is 0.0674. The van der Waals surface area contributed by atoms with E-state index in [1.165, 1.54) is 19.3 Å². The standard InChI is InChI=1S/C18H18BrN3O/c19-16-8-17(21-10-16)18(23)22(11-14-2-1-3-14)12-15-6-4-13(9-20)5-7-15/h4-8,10,14,21H,1-3,11-12H2. The second-order valence-electron chi connectivity index (χ2n) is 6.02. The number of carbonyl (C=O) groups excluding carboxylic acids is 1. The van der Waals surface area contributed by atoms with Crippen molar-refractivity contribution in [1.82, 2.24) is 9.88 Å². The highest BCUT2D eigenvalue weighted by Crippen LogP contribution is 2.28. The molecule has 1 saturated carbocycles. The zero-order chi connectivity index (χ0) is 16.2. The number of aromatic nitrogens is 1. The second-order valence-corrected chi connectivity index (χ2v) is 6.94. The van der Waals surface area contributed by atoms with Crippen molar-refractivity contribution in [1.29, 1.82) is 5.26 Å². The van der Waals surface area contributed by atoms with Crippen LogP contribution in [-0.2, 0) is 6.54 Å². The molecule has 0 unspecified atom stereocenters. The van der Waals surface area contributed by atoms with Gasteiger partial charge in [-0.25, -0.2) is 0 Å². The molecule has 0 aliphatic heterocycles.